The highest BCUT2D eigenvalue weighted by Gasteiger charge is 2.31. The van der Waals surface area contributed by atoms with E-state index in [1.807, 2.05) is 0 Å². The van der Waals surface area contributed by atoms with E-state index in [9.17, 15) is 18.0 Å². The number of hydrogen-bond donors (Lipinski definition) is 1. The predicted octanol–water partition coefficient (Wildman–Crippen LogP) is 3.68. The van der Waals surface area contributed by atoms with Crippen LogP contribution in [0.4, 0.5) is 5.69 Å². The first kappa shape index (κ1) is 25.4. The van der Waals surface area contributed by atoms with Crippen molar-refractivity contribution >= 4 is 33.7 Å². The summed E-state index contributed by atoms with van der Waals surface area (Å²) in [6.07, 6.45) is 5.35. The number of carboxylic acids is 1. The molecule has 0 saturated heterocycles. The van der Waals surface area contributed by atoms with Crippen molar-refractivity contribution in [3.05, 3.63) is 89.3 Å². The molecule has 0 spiro atoms. The summed E-state index contributed by atoms with van der Waals surface area (Å²) in [5.41, 5.74) is 1.51. The Balaban J connectivity index is 2.26. The molecule has 0 fully saturated rings. The molecule has 0 aliphatic heterocycles. The van der Waals surface area contributed by atoms with E-state index in [0.29, 0.717) is 22.4 Å². The lowest BCUT2D eigenvalue weighted by atomic mass is 10.0. The SMILES string of the molecule is COC(=O)c1cc(C=CC(=O)O)cc(C)c1N(Cc1cccnc1)S(=O)(=O)c1ccc(OC)cc1. The molecule has 1 N–H and O–H groups in total. The van der Waals surface area contributed by atoms with E-state index < -0.39 is 22.0 Å². The number of benzene rings is 2. The smallest absolute Gasteiger partial charge is 0.340 e. The van der Waals surface area contributed by atoms with Gasteiger partial charge in [-0.3, -0.25) is 9.29 Å². The Morgan fingerprint density at radius 1 is 1.11 bits per heavy atom. The van der Waals surface area contributed by atoms with E-state index in [4.69, 9.17) is 14.6 Å². The molecule has 10 heteroatoms. The van der Waals surface area contributed by atoms with Gasteiger partial charge in [0.1, 0.15) is 5.75 Å². The van der Waals surface area contributed by atoms with Crippen LogP contribution in [0.1, 0.15) is 27.0 Å². The van der Waals surface area contributed by atoms with E-state index in [-0.39, 0.29) is 22.7 Å². The molecule has 0 aliphatic carbocycles. The molecule has 35 heavy (non-hydrogen) atoms. The van der Waals surface area contributed by atoms with E-state index in [0.717, 1.165) is 10.4 Å². The first-order valence-electron chi connectivity index (χ1n) is 10.4. The van der Waals surface area contributed by atoms with Crippen molar-refractivity contribution in [3.63, 3.8) is 0 Å². The van der Waals surface area contributed by atoms with Gasteiger partial charge in [-0.2, -0.15) is 0 Å². The van der Waals surface area contributed by atoms with Crippen LogP contribution in [0.5, 0.6) is 5.75 Å². The highest BCUT2D eigenvalue weighted by Crippen LogP contribution is 2.34. The van der Waals surface area contributed by atoms with Crippen molar-refractivity contribution in [1.82, 2.24) is 4.98 Å². The minimum Gasteiger partial charge on any atom is -0.497 e. The fourth-order valence-electron chi connectivity index (χ4n) is 3.48. The number of pyridine rings is 1. The summed E-state index contributed by atoms with van der Waals surface area (Å²) in [6, 6.07) is 12.3. The fraction of sp³-hybridized carbons (Fsp3) is 0.160. The maximum Gasteiger partial charge on any atom is 0.340 e. The molecule has 9 nitrogen and oxygen atoms in total. The molecule has 0 bridgehead atoms. The lowest BCUT2D eigenvalue weighted by molar-refractivity contribution is -0.131. The zero-order chi connectivity index (χ0) is 25.6. The third-order valence-corrected chi connectivity index (χ3v) is 6.85. The third kappa shape index (κ3) is 5.85. The molecule has 0 amide bonds. The van der Waals surface area contributed by atoms with Gasteiger partial charge in [0.2, 0.25) is 0 Å². The molecule has 0 radical (unpaired) electrons. The molecule has 0 saturated carbocycles. The topological polar surface area (TPSA) is 123 Å². The number of ether oxygens (including phenoxy) is 2. The van der Waals surface area contributed by atoms with Gasteiger partial charge in [-0.15, -0.1) is 0 Å². The second-order valence-corrected chi connectivity index (χ2v) is 9.31. The predicted molar refractivity (Wildman–Crippen MR) is 130 cm³/mol. The first-order valence-corrected chi connectivity index (χ1v) is 11.8. The van der Waals surface area contributed by atoms with Gasteiger partial charge < -0.3 is 14.6 Å². The molecule has 3 aromatic rings. The Morgan fingerprint density at radius 2 is 1.83 bits per heavy atom. The Hall–Kier alpha value is -4.18. The van der Waals surface area contributed by atoms with Gasteiger partial charge in [0.25, 0.3) is 10.0 Å². The number of carbonyl (C=O) groups excluding carboxylic acids is 1. The van der Waals surface area contributed by atoms with Gasteiger partial charge >= 0.3 is 11.9 Å². The van der Waals surface area contributed by atoms with E-state index >= 15 is 0 Å². The Morgan fingerprint density at radius 3 is 2.40 bits per heavy atom. The molecule has 0 unspecified atom stereocenters. The maximum absolute atomic E-state index is 13.9. The monoisotopic (exact) mass is 496 g/mol. The number of aromatic nitrogens is 1. The molecule has 0 atom stereocenters. The summed E-state index contributed by atoms with van der Waals surface area (Å²) in [7, 11) is -1.51. The van der Waals surface area contributed by atoms with Gasteiger partial charge in [0.15, 0.2) is 0 Å². The summed E-state index contributed by atoms with van der Waals surface area (Å²) in [6.45, 7) is 1.52. The fourth-order valence-corrected chi connectivity index (χ4v) is 5.02. The highest BCUT2D eigenvalue weighted by atomic mass is 32.2. The quantitative estimate of drug-likeness (QED) is 0.352. The van der Waals surface area contributed by atoms with E-state index in [1.54, 1.807) is 31.3 Å². The van der Waals surface area contributed by atoms with E-state index in [1.165, 1.54) is 56.8 Å². The van der Waals surface area contributed by atoms with Crippen LogP contribution < -0.4 is 9.04 Å². The number of anilines is 1. The number of sulfonamides is 1. The Kier molecular flexibility index (Phi) is 7.87. The molecular formula is C25H24N2O7S. The van der Waals surface area contributed by atoms with Crippen molar-refractivity contribution < 1.29 is 32.6 Å². The third-order valence-electron chi connectivity index (χ3n) is 5.09. The number of rotatable bonds is 9. The van der Waals surface area contributed by atoms with Crippen LogP contribution in [-0.2, 0) is 26.1 Å². The number of aryl methyl sites for hydroxylation is 1. The minimum atomic E-state index is -4.17. The molecule has 0 aliphatic rings. The normalized spacial score (nSPS) is 11.3. The molecular weight excluding hydrogens is 472 g/mol. The van der Waals surface area contributed by atoms with Crippen molar-refractivity contribution in [3.8, 4) is 5.75 Å². The van der Waals surface area contributed by atoms with Crippen LogP contribution in [0.25, 0.3) is 6.08 Å². The van der Waals surface area contributed by atoms with Gasteiger partial charge in [-0.1, -0.05) is 6.07 Å². The van der Waals surface area contributed by atoms with Crippen LogP contribution in [-0.4, -0.2) is 44.7 Å². The minimum absolute atomic E-state index is 0.00717. The summed E-state index contributed by atoms with van der Waals surface area (Å²) in [5.74, 6) is -1.44. The molecule has 3 rings (SSSR count). The zero-order valence-electron chi connectivity index (χ0n) is 19.3. The molecule has 1 heterocycles. The summed E-state index contributed by atoms with van der Waals surface area (Å²) >= 11 is 0. The van der Waals surface area contributed by atoms with Crippen molar-refractivity contribution in [2.24, 2.45) is 0 Å². The molecule has 182 valence electrons. The van der Waals surface area contributed by atoms with Crippen LogP contribution in [0.2, 0.25) is 0 Å². The van der Waals surface area contributed by atoms with Crippen molar-refractivity contribution in [1.29, 1.82) is 0 Å². The molecule has 2 aromatic carbocycles. The van der Waals surface area contributed by atoms with Crippen molar-refractivity contribution in [2.45, 2.75) is 18.4 Å². The number of carboxylic acid groups (broad SMARTS) is 1. The van der Waals surface area contributed by atoms with Gasteiger partial charge in [0.05, 0.1) is 36.9 Å². The number of hydrogen-bond acceptors (Lipinski definition) is 7. The van der Waals surface area contributed by atoms with Crippen molar-refractivity contribution in [2.75, 3.05) is 18.5 Å². The first-order chi connectivity index (χ1) is 16.7. The highest BCUT2D eigenvalue weighted by molar-refractivity contribution is 7.92. The second-order valence-electron chi connectivity index (χ2n) is 7.45. The molecule has 1 aromatic heterocycles. The number of nitrogens with zero attached hydrogens (tertiary/aromatic N) is 2. The largest absolute Gasteiger partial charge is 0.497 e. The average molecular weight is 497 g/mol. The van der Waals surface area contributed by atoms with Gasteiger partial charge in [0, 0.05) is 18.5 Å². The zero-order valence-corrected chi connectivity index (χ0v) is 20.2. The van der Waals surface area contributed by atoms with Crippen LogP contribution in [0, 0.1) is 6.92 Å². The maximum atomic E-state index is 13.9. The van der Waals surface area contributed by atoms with Crippen LogP contribution in [0.3, 0.4) is 0 Å². The lowest BCUT2D eigenvalue weighted by Crippen LogP contribution is -2.33. The Bertz CT molecular complexity index is 1350. The second kappa shape index (κ2) is 10.8. The number of carbonyl (C=O) groups is 2. The van der Waals surface area contributed by atoms with Crippen LogP contribution >= 0.6 is 0 Å². The summed E-state index contributed by atoms with van der Waals surface area (Å²) < 4.78 is 38.9. The van der Waals surface area contributed by atoms with Gasteiger partial charge in [-0.05, 0) is 72.2 Å². The van der Waals surface area contributed by atoms with Gasteiger partial charge in [-0.25, -0.2) is 18.0 Å². The number of methoxy groups -OCH3 is 2. The van der Waals surface area contributed by atoms with Crippen LogP contribution in [0.15, 0.2) is 71.9 Å². The standard InChI is InChI=1S/C25H24N2O7S/c1-17-13-18(6-11-23(28)29)14-22(25(30)34-3)24(17)27(16-19-5-4-12-26-15-19)35(31,32)21-9-7-20(33-2)8-10-21/h4-15H,16H2,1-3H3,(H,28,29). The average Bonchev–Trinajstić information content (AvgIpc) is 2.86. The lowest BCUT2D eigenvalue weighted by Gasteiger charge is -2.28. The Labute approximate surface area is 203 Å². The van der Waals surface area contributed by atoms with E-state index in [2.05, 4.69) is 4.98 Å². The number of esters is 1. The number of aliphatic carboxylic acids is 1. The summed E-state index contributed by atoms with van der Waals surface area (Å²) in [5, 5.41) is 8.96. The summed E-state index contributed by atoms with van der Waals surface area (Å²) in [4.78, 5) is 27.8.